The number of rotatable bonds is 3. The smallest absolute Gasteiger partial charge is 0.351 e. The molecule has 5 rings (SSSR count). The van der Waals surface area contributed by atoms with E-state index in [0.29, 0.717) is 17.8 Å². The van der Waals surface area contributed by atoms with Crippen LogP contribution in [0, 0.1) is 17.2 Å². The maximum atomic E-state index is 14.9. The zero-order valence-electron chi connectivity index (χ0n) is 14.9. The average molecular weight is 375 g/mol. The fraction of sp³-hybridized carbons (Fsp3) is 0.611. The van der Waals surface area contributed by atoms with Gasteiger partial charge in [-0.25, -0.2) is 14.2 Å². The minimum absolute atomic E-state index is 0.0247. The summed E-state index contributed by atoms with van der Waals surface area (Å²) in [6.45, 7) is 1.37. The number of aliphatic hydroxyl groups excluding tert-OH is 1. The molecule has 0 aromatic carbocycles. The number of fused-ring (bicyclic) bond motifs is 1. The second kappa shape index (κ2) is 5.54. The number of piperidine rings is 1. The van der Waals surface area contributed by atoms with Gasteiger partial charge < -0.3 is 15.8 Å². The number of hydrogen-bond donors (Lipinski definition) is 2. The Kier molecular flexibility index (Phi) is 3.43. The molecular formula is C18H22FN5O3. The summed E-state index contributed by atoms with van der Waals surface area (Å²) in [6.07, 6.45) is 4.44. The van der Waals surface area contributed by atoms with E-state index in [1.807, 2.05) is 4.90 Å². The lowest BCUT2D eigenvalue weighted by Crippen LogP contribution is -2.46. The summed E-state index contributed by atoms with van der Waals surface area (Å²) in [5.41, 5.74) is -1.10. The highest BCUT2D eigenvalue weighted by Crippen LogP contribution is 2.56. The van der Waals surface area contributed by atoms with Crippen LogP contribution in [0.3, 0.4) is 0 Å². The van der Waals surface area contributed by atoms with Crippen molar-refractivity contribution in [3.63, 3.8) is 0 Å². The van der Waals surface area contributed by atoms with E-state index in [4.69, 9.17) is 5.84 Å². The number of aliphatic hydroxyl groups is 1. The number of aromatic nitrogens is 3. The van der Waals surface area contributed by atoms with Crippen LogP contribution in [0.5, 0.6) is 0 Å². The molecule has 2 aromatic heterocycles. The van der Waals surface area contributed by atoms with Crippen LogP contribution in [0.25, 0.3) is 11.0 Å². The molecule has 3 heterocycles. The van der Waals surface area contributed by atoms with Crippen LogP contribution in [0.4, 0.5) is 10.2 Å². The lowest BCUT2D eigenvalue weighted by atomic mass is 9.83. The molecule has 1 aliphatic heterocycles. The first-order valence-electron chi connectivity index (χ1n) is 9.44. The fourth-order valence-electron chi connectivity index (χ4n) is 4.52. The van der Waals surface area contributed by atoms with Crippen molar-refractivity contribution in [2.24, 2.45) is 11.3 Å². The average Bonchev–Trinajstić information content (AvgIpc) is 3.58. The Balaban J connectivity index is 1.65. The van der Waals surface area contributed by atoms with E-state index in [-0.39, 0.29) is 40.8 Å². The van der Waals surface area contributed by atoms with Crippen molar-refractivity contribution >= 4 is 16.9 Å². The minimum atomic E-state index is -0.734. The monoisotopic (exact) mass is 375 g/mol. The van der Waals surface area contributed by atoms with Gasteiger partial charge in [-0.05, 0) is 49.5 Å². The highest BCUT2D eigenvalue weighted by Gasteiger charge is 2.52. The second-order valence-corrected chi connectivity index (χ2v) is 8.18. The molecule has 0 bridgehead atoms. The molecule has 2 saturated carbocycles. The first kappa shape index (κ1) is 16.7. The molecule has 0 amide bonds. The molecule has 1 atom stereocenters. The van der Waals surface area contributed by atoms with Crippen LogP contribution in [0.2, 0.25) is 0 Å². The SMILES string of the molecule is Nn1c(=O)c2cc(F)c(N3CCC(CO)C4(CC4)C3)nc2n(C2CC2)c1=O. The molecule has 9 heteroatoms. The summed E-state index contributed by atoms with van der Waals surface area (Å²) in [7, 11) is 0. The van der Waals surface area contributed by atoms with Crippen molar-refractivity contribution in [2.45, 2.75) is 38.1 Å². The van der Waals surface area contributed by atoms with Crippen LogP contribution >= 0.6 is 0 Å². The minimum Gasteiger partial charge on any atom is -0.396 e. The lowest BCUT2D eigenvalue weighted by Gasteiger charge is -2.39. The summed E-state index contributed by atoms with van der Waals surface area (Å²) in [4.78, 5) is 31.2. The zero-order valence-corrected chi connectivity index (χ0v) is 14.9. The Morgan fingerprint density at radius 3 is 2.67 bits per heavy atom. The van der Waals surface area contributed by atoms with Crippen LogP contribution in [-0.4, -0.2) is 39.0 Å². The molecule has 3 N–H and O–H groups in total. The van der Waals surface area contributed by atoms with E-state index in [9.17, 15) is 19.1 Å². The molecule has 1 spiro atoms. The number of nitrogens with two attached hydrogens (primary N) is 1. The molecular weight excluding hydrogens is 353 g/mol. The molecule has 1 unspecified atom stereocenters. The standard InChI is InChI=1S/C18H22FN5O3/c19-13-7-12-14(23(11-1-2-11)17(27)24(20)16(12)26)21-15(13)22-6-3-10(8-25)18(9-22)4-5-18/h7,10-11,25H,1-6,8-9,20H2. The predicted molar refractivity (Wildman–Crippen MR) is 97.7 cm³/mol. The third-order valence-electron chi connectivity index (χ3n) is 6.47. The molecule has 0 radical (unpaired) electrons. The molecule has 2 aliphatic carbocycles. The summed E-state index contributed by atoms with van der Waals surface area (Å²) < 4.78 is 16.8. The molecule has 27 heavy (non-hydrogen) atoms. The van der Waals surface area contributed by atoms with Crippen molar-refractivity contribution < 1.29 is 9.50 Å². The van der Waals surface area contributed by atoms with Gasteiger partial charge in [0.05, 0.1) is 5.39 Å². The summed E-state index contributed by atoms with van der Waals surface area (Å²) in [5, 5.41) is 9.64. The van der Waals surface area contributed by atoms with Gasteiger partial charge in [0.15, 0.2) is 17.3 Å². The lowest BCUT2D eigenvalue weighted by molar-refractivity contribution is 0.140. The molecule has 8 nitrogen and oxygen atoms in total. The van der Waals surface area contributed by atoms with Gasteiger partial charge in [0.1, 0.15) is 0 Å². The van der Waals surface area contributed by atoms with Crippen LogP contribution in [0.15, 0.2) is 15.7 Å². The van der Waals surface area contributed by atoms with Gasteiger partial charge in [-0.1, -0.05) is 0 Å². The van der Waals surface area contributed by atoms with Crippen LogP contribution in [-0.2, 0) is 0 Å². The zero-order chi connectivity index (χ0) is 18.9. The summed E-state index contributed by atoms with van der Waals surface area (Å²) in [5.74, 6) is 5.44. The van der Waals surface area contributed by atoms with Gasteiger partial charge in [-0.3, -0.25) is 9.36 Å². The van der Waals surface area contributed by atoms with E-state index in [0.717, 1.165) is 38.2 Å². The van der Waals surface area contributed by atoms with Crippen molar-refractivity contribution in [3.8, 4) is 0 Å². The Morgan fingerprint density at radius 1 is 1.30 bits per heavy atom. The molecule has 3 aliphatic rings. The highest BCUT2D eigenvalue weighted by molar-refractivity contribution is 5.77. The maximum absolute atomic E-state index is 14.9. The maximum Gasteiger partial charge on any atom is 0.351 e. The fourth-order valence-corrected chi connectivity index (χ4v) is 4.52. The van der Waals surface area contributed by atoms with E-state index < -0.39 is 17.1 Å². The third kappa shape index (κ3) is 2.40. The molecule has 3 fully saturated rings. The van der Waals surface area contributed by atoms with E-state index >= 15 is 0 Å². The van der Waals surface area contributed by atoms with Gasteiger partial charge in [0.2, 0.25) is 0 Å². The van der Waals surface area contributed by atoms with E-state index in [1.54, 1.807) is 0 Å². The Labute approximate surface area is 154 Å². The predicted octanol–water partition coefficient (Wildman–Crippen LogP) is 0.345. The molecule has 144 valence electrons. The Bertz CT molecular complexity index is 1050. The van der Waals surface area contributed by atoms with Crippen LogP contribution < -0.4 is 22.0 Å². The van der Waals surface area contributed by atoms with Gasteiger partial charge >= 0.3 is 5.69 Å². The van der Waals surface area contributed by atoms with Gasteiger partial charge in [0.25, 0.3) is 5.56 Å². The van der Waals surface area contributed by atoms with Gasteiger partial charge in [-0.2, -0.15) is 4.68 Å². The van der Waals surface area contributed by atoms with Crippen LogP contribution in [0.1, 0.15) is 38.1 Å². The third-order valence-corrected chi connectivity index (χ3v) is 6.47. The van der Waals surface area contributed by atoms with E-state index in [2.05, 4.69) is 4.98 Å². The first-order chi connectivity index (χ1) is 12.9. The second-order valence-electron chi connectivity index (χ2n) is 8.18. The molecule has 1 saturated heterocycles. The van der Waals surface area contributed by atoms with Crippen molar-refractivity contribution in [1.82, 2.24) is 14.2 Å². The van der Waals surface area contributed by atoms with Crippen molar-refractivity contribution in [1.29, 1.82) is 0 Å². The number of halogens is 1. The Hall–Kier alpha value is -2.42. The summed E-state index contributed by atoms with van der Waals surface area (Å²) in [6, 6.07) is 1.11. The number of pyridine rings is 1. The highest BCUT2D eigenvalue weighted by atomic mass is 19.1. The van der Waals surface area contributed by atoms with Crippen molar-refractivity contribution in [2.75, 3.05) is 30.4 Å². The number of nitrogen functional groups attached to an aromatic ring is 1. The first-order valence-corrected chi connectivity index (χ1v) is 9.44. The number of nitrogens with zero attached hydrogens (tertiary/aromatic N) is 4. The summed E-state index contributed by atoms with van der Waals surface area (Å²) >= 11 is 0. The van der Waals surface area contributed by atoms with Gasteiger partial charge in [-0.15, -0.1) is 0 Å². The van der Waals surface area contributed by atoms with Gasteiger partial charge in [0, 0.05) is 25.7 Å². The molecule has 2 aromatic rings. The Morgan fingerprint density at radius 2 is 2.04 bits per heavy atom. The van der Waals surface area contributed by atoms with E-state index in [1.165, 1.54) is 4.57 Å². The normalized spacial score (nSPS) is 23.9. The topological polar surface area (TPSA) is 106 Å². The largest absolute Gasteiger partial charge is 0.396 e. The number of hydrogen-bond acceptors (Lipinski definition) is 6. The quantitative estimate of drug-likeness (QED) is 0.750. The number of anilines is 1. The van der Waals surface area contributed by atoms with Crippen molar-refractivity contribution in [3.05, 3.63) is 32.7 Å².